The molecule has 88 valence electrons. The van der Waals surface area contributed by atoms with E-state index in [0.29, 0.717) is 5.92 Å². The Hall–Kier alpha value is -1.35. The predicted octanol–water partition coefficient (Wildman–Crippen LogP) is 4.71. The number of benzene rings is 1. The Morgan fingerprint density at radius 2 is 1.94 bits per heavy atom. The lowest BCUT2D eigenvalue weighted by Crippen LogP contribution is -1.93. The van der Waals surface area contributed by atoms with E-state index < -0.39 is 0 Å². The molecule has 1 aromatic heterocycles. The summed E-state index contributed by atoms with van der Waals surface area (Å²) in [4.78, 5) is 4.13. The van der Waals surface area contributed by atoms with Crippen LogP contribution in [0.2, 0.25) is 0 Å². The van der Waals surface area contributed by atoms with E-state index in [2.05, 4.69) is 64.3 Å². The zero-order valence-electron chi connectivity index (χ0n) is 9.94. The smallest absolute Gasteiger partial charge is 0.0582 e. The van der Waals surface area contributed by atoms with Crippen molar-refractivity contribution in [1.29, 1.82) is 0 Å². The molecule has 0 saturated carbocycles. The van der Waals surface area contributed by atoms with Crippen LogP contribution in [0, 0.1) is 0 Å². The third-order valence-electron chi connectivity index (χ3n) is 2.55. The number of rotatable bonds is 3. The molecule has 0 aliphatic rings. The Balaban J connectivity index is 2.21. The van der Waals surface area contributed by atoms with Crippen molar-refractivity contribution in [3.05, 3.63) is 52.8 Å². The summed E-state index contributed by atoms with van der Waals surface area (Å²) < 4.78 is 0.975. The van der Waals surface area contributed by atoms with E-state index >= 15 is 0 Å². The van der Waals surface area contributed by atoms with E-state index in [1.165, 1.54) is 5.56 Å². The summed E-state index contributed by atoms with van der Waals surface area (Å²) in [6.07, 6.45) is 3.59. The number of halogens is 1. The monoisotopic (exact) mass is 290 g/mol. The average Bonchev–Trinajstić information content (AvgIpc) is 2.29. The fourth-order valence-corrected chi connectivity index (χ4v) is 1.99. The summed E-state index contributed by atoms with van der Waals surface area (Å²) in [6.45, 7) is 4.39. The Morgan fingerprint density at radius 3 is 2.65 bits per heavy atom. The van der Waals surface area contributed by atoms with Crippen molar-refractivity contribution in [2.75, 3.05) is 5.32 Å². The van der Waals surface area contributed by atoms with Gasteiger partial charge in [0.25, 0.3) is 0 Å². The molecule has 0 atom stereocenters. The van der Waals surface area contributed by atoms with Gasteiger partial charge in [-0.2, -0.15) is 0 Å². The number of pyridine rings is 1. The molecule has 2 rings (SSSR count). The van der Waals surface area contributed by atoms with Crippen molar-refractivity contribution in [2.45, 2.75) is 19.8 Å². The zero-order valence-corrected chi connectivity index (χ0v) is 11.5. The predicted molar refractivity (Wildman–Crippen MR) is 75.8 cm³/mol. The standard InChI is InChI=1S/C14H15BrN2/c1-10(2)11-4-3-5-13(6-11)17-14-7-12(15)8-16-9-14/h3-10,17H,1-2H3. The van der Waals surface area contributed by atoms with Gasteiger partial charge in [-0.15, -0.1) is 0 Å². The van der Waals surface area contributed by atoms with Crippen molar-refractivity contribution < 1.29 is 0 Å². The molecule has 2 aromatic rings. The second kappa shape index (κ2) is 5.32. The Bertz CT molecular complexity index is 509. The van der Waals surface area contributed by atoms with Crippen molar-refractivity contribution in [3.63, 3.8) is 0 Å². The number of nitrogens with one attached hydrogen (secondary N) is 1. The third-order valence-corrected chi connectivity index (χ3v) is 2.98. The van der Waals surface area contributed by atoms with Crippen LogP contribution in [0.3, 0.4) is 0 Å². The molecule has 0 aliphatic carbocycles. The molecule has 1 aromatic carbocycles. The molecular formula is C14H15BrN2. The molecule has 2 nitrogen and oxygen atoms in total. The first-order valence-corrected chi connectivity index (χ1v) is 6.42. The van der Waals surface area contributed by atoms with Gasteiger partial charge >= 0.3 is 0 Å². The van der Waals surface area contributed by atoms with Gasteiger partial charge in [-0.25, -0.2) is 0 Å². The van der Waals surface area contributed by atoms with Gasteiger partial charge in [-0.1, -0.05) is 26.0 Å². The maximum atomic E-state index is 4.13. The molecule has 0 saturated heterocycles. The van der Waals surface area contributed by atoms with Crippen LogP contribution >= 0.6 is 15.9 Å². The normalized spacial score (nSPS) is 10.6. The SMILES string of the molecule is CC(C)c1cccc(Nc2cncc(Br)c2)c1. The maximum Gasteiger partial charge on any atom is 0.0582 e. The van der Waals surface area contributed by atoms with Gasteiger partial charge in [0.15, 0.2) is 0 Å². The highest BCUT2D eigenvalue weighted by molar-refractivity contribution is 9.10. The summed E-state index contributed by atoms with van der Waals surface area (Å²) in [7, 11) is 0. The highest BCUT2D eigenvalue weighted by atomic mass is 79.9. The third kappa shape index (κ3) is 3.30. The van der Waals surface area contributed by atoms with Crippen LogP contribution in [0.4, 0.5) is 11.4 Å². The molecule has 1 N–H and O–H groups in total. The van der Waals surface area contributed by atoms with Crippen LogP contribution in [0.15, 0.2) is 47.2 Å². The number of hydrogen-bond acceptors (Lipinski definition) is 2. The van der Waals surface area contributed by atoms with E-state index in [4.69, 9.17) is 0 Å². The molecule has 0 aliphatic heterocycles. The van der Waals surface area contributed by atoms with Gasteiger partial charge < -0.3 is 5.32 Å². The zero-order chi connectivity index (χ0) is 12.3. The largest absolute Gasteiger partial charge is 0.354 e. The minimum absolute atomic E-state index is 0.539. The fourth-order valence-electron chi connectivity index (χ4n) is 1.62. The molecular weight excluding hydrogens is 276 g/mol. The lowest BCUT2D eigenvalue weighted by molar-refractivity contribution is 0.867. The molecule has 0 fully saturated rings. The van der Waals surface area contributed by atoms with Crippen molar-refractivity contribution >= 4 is 27.3 Å². The first kappa shape index (κ1) is 12.1. The van der Waals surface area contributed by atoms with Crippen molar-refractivity contribution in [3.8, 4) is 0 Å². The van der Waals surface area contributed by atoms with E-state index in [-0.39, 0.29) is 0 Å². The summed E-state index contributed by atoms with van der Waals surface area (Å²) >= 11 is 3.41. The molecule has 3 heteroatoms. The van der Waals surface area contributed by atoms with Gasteiger partial charge in [-0.3, -0.25) is 4.98 Å². The molecule has 0 amide bonds. The van der Waals surface area contributed by atoms with E-state index in [9.17, 15) is 0 Å². The average molecular weight is 291 g/mol. The molecule has 17 heavy (non-hydrogen) atoms. The minimum atomic E-state index is 0.539. The topological polar surface area (TPSA) is 24.9 Å². The van der Waals surface area contributed by atoms with Gasteiger partial charge in [0.1, 0.15) is 0 Å². The second-order valence-corrected chi connectivity index (χ2v) is 5.21. The first-order chi connectivity index (χ1) is 8.15. The number of hydrogen-bond donors (Lipinski definition) is 1. The Kier molecular flexibility index (Phi) is 3.79. The van der Waals surface area contributed by atoms with Crippen molar-refractivity contribution in [1.82, 2.24) is 4.98 Å². The second-order valence-electron chi connectivity index (χ2n) is 4.30. The van der Waals surface area contributed by atoms with Crippen LogP contribution in [-0.2, 0) is 0 Å². The minimum Gasteiger partial charge on any atom is -0.354 e. The van der Waals surface area contributed by atoms with E-state index in [0.717, 1.165) is 15.8 Å². The summed E-state index contributed by atoms with van der Waals surface area (Å²) in [6, 6.07) is 10.5. The van der Waals surface area contributed by atoms with Gasteiger partial charge in [0.05, 0.1) is 11.9 Å². The fraction of sp³-hybridized carbons (Fsp3) is 0.214. The van der Waals surface area contributed by atoms with E-state index in [1.807, 2.05) is 12.3 Å². The van der Waals surface area contributed by atoms with Crippen molar-refractivity contribution in [2.24, 2.45) is 0 Å². The number of nitrogens with zero attached hydrogens (tertiary/aromatic N) is 1. The van der Waals surface area contributed by atoms with Crippen LogP contribution in [0.25, 0.3) is 0 Å². The Morgan fingerprint density at radius 1 is 1.12 bits per heavy atom. The van der Waals surface area contributed by atoms with Crippen LogP contribution in [0.5, 0.6) is 0 Å². The summed E-state index contributed by atoms with van der Waals surface area (Å²) in [5.74, 6) is 0.539. The van der Waals surface area contributed by atoms with Gasteiger partial charge in [0.2, 0.25) is 0 Å². The molecule has 0 spiro atoms. The van der Waals surface area contributed by atoms with Crippen LogP contribution < -0.4 is 5.32 Å². The molecule has 1 heterocycles. The summed E-state index contributed by atoms with van der Waals surface area (Å²) in [5, 5.41) is 3.35. The van der Waals surface area contributed by atoms with Crippen LogP contribution in [-0.4, -0.2) is 4.98 Å². The van der Waals surface area contributed by atoms with E-state index in [1.54, 1.807) is 6.20 Å². The van der Waals surface area contributed by atoms with Gasteiger partial charge in [0, 0.05) is 16.4 Å². The quantitative estimate of drug-likeness (QED) is 0.885. The molecule has 0 bridgehead atoms. The summed E-state index contributed by atoms with van der Waals surface area (Å²) in [5.41, 5.74) is 3.41. The number of aromatic nitrogens is 1. The lowest BCUT2D eigenvalue weighted by Gasteiger charge is -2.10. The molecule has 0 radical (unpaired) electrons. The maximum absolute atomic E-state index is 4.13. The highest BCUT2D eigenvalue weighted by Gasteiger charge is 2.01. The Labute approximate surface area is 110 Å². The first-order valence-electron chi connectivity index (χ1n) is 5.62. The van der Waals surface area contributed by atoms with Crippen LogP contribution in [0.1, 0.15) is 25.3 Å². The molecule has 0 unspecified atom stereocenters. The van der Waals surface area contributed by atoms with Gasteiger partial charge in [-0.05, 0) is 45.6 Å². The number of anilines is 2. The highest BCUT2D eigenvalue weighted by Crippen LogP contribution is 2.22. The lowest BCUT2D eigenvalue weighted by atomic mass is 10.0.